The number of nitrogens with one attached hydrogen (secondary N) is 1. The number of rotatable bonds is 6. The van der Waals surface area contributed by atoms with Crippen LogP contribution in [0, 0.1) is 0 Å². The second-order valence-electron chi connectivity index (χ2n) is 5.73. The van der Waals surface area contributed by atoms with Crippen LogP contribution in [-0.4, -0.2) is 44.3 Å². The van der Waals surface area contributed by atoms with Crippen molar-refractivity contribution in [3.63, 3.8) is 0 Å². The van der Waals surface area contributed by atoms with Gasteiger partial charge in [0, 0.05) is 13.1 Å². The predicted octanol–water partition coefficient (Wildman–Crippen LogP) is 3.05. The first-order valence-corrected chi connectivity index (χ1v) is 7.97. The van der Waals surface area contributed by atoms with Gasteiger partial charge in [0.2, 0.25) is 0 Å². The van der Waals surface area contributed by atoms with E-state index in [0.717, 1.165) is 24.3 Å². The molecule has 1 aromatic rings. The van der Waals surface area contributed by atoms with E-state index in [1.54, 1.807) is 19.1 Å². The molecule has 1 fully saturated rings. The first-order valence-electron chi connectivity index (χ1n) is 7.97. The Bertz CT molecular complexity index is 455. The lowest BCUT2D eigenvalue weighted by atomic mass is 9.96. The van der Waals surface area contributed by atoms with Crippen LogP contribution < -0.4 is 14.8 Å². The van der Waals surface area contributed by atoms with Gasteiger partial charge in [0.15, 0.2) is 0 Å². The number of carbonyl (C=O) groups excluding carboxylic acids is 1. The van der Waals surface area contributed by atoms with Crippen molar-refractivity contribution in [2.45, 2.75) is 38.1 Å². The van der Waals surface area contributed by atoms with Crippen LogP contribution in [0.5, 0.6) is 11.5 Å². The quantitative estimate of drug-likeness (QED) is 0.879. The molecule has 22 heavy (non-hydrogen) atoms. The van der Waals surface area contributed by atoms with Crippen molar-refractivity contribution in [3.8, 4) is 11.5 Å². The molecule has 0 unspecified atom stereocenters. The van der Waals surface area contributed by atoms with Crippen LogP contribution in [0.1, 0.15) is 32.1 Å². The van der Waals surface area contributed by atoms with E-state index in [0.29, 0.717) is 19.2 Å². The van der Waals surface area contributed by atoms with Gasteiger partial charge in [0.05, 0.1) is 13.7 Å². The lowest BCUT2D eigenvalue weighted by Crippen LogP contribution is -2.45. The van der Waals surface area contributed by atoms with E-state index in [9.17, 15) is 4.79 Å². The highest BCUT2D eigenvalue weighted by Gasteiger charge is 2.17. The summed E-state index contributed by atoms with van der Waals surface area (Å²) in [5, 5.41) is 3.10. The Morgan fingerprint density at radius 3 is 2.45 bits per heavy atom. The zero-order valence-corrected chi connectivity index (χ0v) is 13.5. The topological polar surface area (TPSA) is 50.8 Å². The van der Waals surface area contributed by atoms with E-state index in [2.05, 4.69) is 5.32 Å². The number of urea groups is 1. The predicted molar refractivity (Wildman–Crippen MR) is 86.5 cm³/mol. The minimum absolute atomic E-state index is 0.00905. The molecule has 5 heteroatoms. The van der Waals surface area contributed by atoms with E-state index in [4.69, 9.17) is 9.47 Å². The molecule has 2 amide bonds. The monoisotopic (exact) mass is 306 g/mol. The Labute approximate surface area is 132 Å². The minimum Gasteiger partial charge on any atom is -0.497 e. The van der Waals surface area contributed by atoms with Gasteiger partial charge in [0.1, 0.15) is 18.1 Å². The van der Waals surface area contributed by atoms with Crippen molar-refractivity contribution in [2.24, 2.45) is 0 Å². The number of nitrogens with zero attached hydrogens (tertiary/aromatic N) is 1. The van der Waals surface area contributed by atoms with Crippen molar-refractivity contribution >= 4 is 6.03 Å². The van der Waals surface area contributed by atoms with Crippen LogP contribution in [0.4, 0.5) is 4.79 Å². The van der Waals surface area contributed by atoms with Gasteiger partial charge in [0.25, 0.3) is 0 Å². The maximum Gasteiger partial charge on any atom is 0.317 e. The van der Waals surface area contributed by atoms with E-state index in [1.165, 1.54) is 19.3 Å². The van der Waals surface area contributed by atoms with E-state index in [1.807, 2.05) is 24.3 Å². The number of amides is 2. The van der Waals surface area contributed by atoms with Crippen molar-refractivity contribution in [2.75, 3.05) is 27.3 Å². The third-order valence-electron chi connectivity index (χ3n) is 4.03. The summed E-state index contributed by atoms with van der Waals surface area (Å²) in [5.74, 6) is 1.58. The molecule has 1 aromatic carbocycles. The molecule has 0 aliphatic heterocycles. The Hall–Kier alpha value is -1.91. The molecule has 0 radical (unpaired) electrons. The Balaban J connectivity index is 1.67. The van der Waals surface area contributed by atoms with Crippen LogP contribution in [-0.2, 0) is 0 Å². The Morgan fingerprint density at radius 1 is 1.18 bits per heavy atom. The molecule has 122 valence electrons. The molecule has 0 saturated heterocycles. The fourth-order valence-electron chi connectivity index (χ4n) is 2.61. The third kappa shape index (κ3) is 5.13. The summed E-state index contributed by atoms with van der Waals surface area (Å²) in [6.07, 6.45) is 5.92. The first-order chi connectivity index (χ1) is 10.7. The largest absolute Gasteiger partial charge is 0.497 e. The summed E-state index contributed by atoms with van der Waals surface area (Å²) in [5.41, 5.74) is 0. The Kier molecular flexibility index (Phi) is 6.37. The number of methoxy groups -OCH3 is 1. The van der Waals surface area contributed by atoms with Crippen LogP contribution in [0.2, 0.25) is 0 Å². The van der Waals surface area contributed by atoms with Crippen molar-refractivity contribution in [1.82, 2.24) is 10.2 Å². The maximum atomic E-state index is 12.1. The molecule has 1 saturated carbocycles. The summed E-state index contributed by atoms with van der Waals surface area (Å²) in [6, 6.07) is 7.77. The number of ether oxygens (including phenoxy) is 2. The van der Waals surface area contributed by atoms with Crippen molar-refractivity contribution in [3.05, 3.63) is 24.3 Å². The number of likely N-dealkylation sites (N-methyl/N-ethyl adjacent to an activating group) is 1. The summed E-state index contributed by atoms with van der Waals surface area (Å²) in [4.78, 5) is 13.8. The molecule has 0 atom stereocenters. The van der Waals surface area contributed by atoms with Crippen LogP contribution in [0.25, 0.3) is 0 Å². The molecule has 0 bridgehead atoms. The van der Waals surface area contributed by atoms with Gasteiger partial charge in [-0.25, -0.2) is 4.79 Å². The normalized spacial score (nSPS) is 15.2. The Morgan fingerprint density at radius 2 is 1.82 bits per heavy atom. The molecular weight excluding hydrogens is 280 g/mol. The fraction of sp³-hybridized carbons (Fsp3) is 0.588. The highest BCUT2D eigenvalue weighted by molar-refractivity contribution is 5.74. The van der Waals surface area contributed by atoms with E-state index < -0.39 is 0 Å². The van der Waals surface area contributed by atoms with Gasteiger partial charge in [-0.1, -0.05) is 19.3 Å². The lowest BCUT2D eigenvalue weighted by molar-refractivity contribution is 0.188. The molecule has 5 nitrogen and oxygen atoms in total. The highest BCUT2D eigenvalue weighted by Crippen LogP contribution is 2.18. The third-order valence-corrected chi connectivity index (χ3v) is 4.03. The van der Waals surface area contributed by atoms with Crippen LogP contribution >= 0.6 is 0 Å². The molecule has 0 aromatic heterocycles. The zero-order valence-electron chi connectivity index (χ0n) is 13.5. The minimum atomic E-state index is -0.00905. The van der Waals surface area contributed by atoms with Crippen molar-refractivity contribution < 1.29 is 14.3 Å². The highest BCUT2D eigenvalue weighted by atomic mass is 16.5. The van der Waals surface area contributed by atoms with E-state index >= 15 is 0 Å². The zero-order chi connectivity index (χ0) is 15.8. The molecule has 1 N–H and O–H groups in total. The summed E-state index contributed by atoms with van der Waals surface area (Å²) in [7, 11) is 3.44. The SMILES string of the molecule is COc1ccc(OCCN(C)C(=O)NC2CCCCC2)cc1. The van der Waals surface area contributed by atoms with Gasteiger partial charge < -0.3 is 19.7 Å². The average molecular weight is 306 g/mol. The summed E-state index contributed by atoms with van der Waals surface area (Å²) >= 11 is 0. The van der Waals surface area contributed by atoms with Crippen molar-refractivity contribution in [1.29, 1.82) is 0 Å². The van der Waals surface area contributed by atoms with E-state index in [-0.39, 0.29) is 6.03 Å². The number of benzene rings is 1. The number of carbonyl (C=O) groups is 1. The molecule has 1 aliphatic rings. The average Bonchev–Trinajstić information content (AvgIpc) is 2.56. The number of hydrogen-bond donors (Lipinski definition) is 1. The maximum absolute atomic E-state index is 12.1. The lowest BCUT2D eigenvalue weighted by Gasteiger charge is -2.26. The molecular formula is C17H26N2O3. The van der Waals surface area contributed by atoms with Crippen LogP contribution in [0.3, 0.4) is 0 Å². The van der Waals surface area contributed by atoms with Gasteiger partial charge in [-0.2, -0.15) is 0 Å². The van der Waals surface area contributed by atoms with Gasteiger partial charge >= 0.3 is 6.03 Å². The molecule has 0 spiro atoms. The second kappa shape index (κ2) is 8.51. The fourth-order valence-corrected chi connectivity index (χ4v) is 2.61. The molecule has 0 heterocycles. The van der Waals surface area contributed by atoms with Gasteiger partial charge in [-0.05, 0) is 37.1 Å². The first kappa shape index (κ1) is 16.5. The molecule has 2 rings (SSSR count). The number of hydrogen-bond acceptors (Lipinski definition) is 3. The summed E-state index contributed by atoms with van der Waals surface area (Å²) in [6.45, 7) is 1.03. The van der Waals surface area contributed by atoms with Gasteiger partial charge in [-0.3, -0.25) is 0 Å². The van der Waals surface area contributed by atoms with Gasteiger partial charge in [-0.15, -0.1) is 0 Å². The van der Waals surface area contributed by atoms with Crippen LogP contribution in [0.15, 0.2) is 24.3 Å². The second-order valence-corrected chi connectivity index (χ2v) is 5.73. The standard InChI is InChI=1S/C17H26N2O3/c1-19(17(20)18-14-6-4-3-5-7-14)12-13-22-16-10-8-15(21-2)9-11-16/h8-11,14H,3-7,12-13H2,1-2H3,(H,18,20). The molecule has 1 aliphatic carbocycles. The summed E-state index contributed by atoms with van der Waals surface area (Å²) < 4.78 is 10.7. The smallest absolute Gasteiger partial charge is 0.317 e.